The fourth-order valence-electron chi connectivity index (χ4n) is 0.996. The van der Waals surface area contributed by atoms with Crippen LogP contribution in [0.4, 0.5) is 0 Å². The fraction of sp³-hybridized carbons (Fsp3) is 0. The van der Waals surface area contributed by atoms with E-state index in [0.29, 0.717) is 6.07 Å². The first kappa shape index (κ1) is 21.0. The molecule has 90 valence electrons. The van der Waals surface area contributed by atoms with E-state index in [2.05, 4.69) is 0 Å². The Morgan fingerprint density at radius 3 is 1.78 bits per heavy atom. The first-order chi connectivity index (χ1) is 7.16. The maximum absolute atomic E-state index is 10.8. The van der Waals surface area contributed by atoms with E-state index in [4.69, 9.17) is 9.11 Å². The first-order valence-electron chi connectivity index (χ1n) is 3.70. The molecule has 2 N–H and O–H groups in total. The molecule has 0 fully saturated rings. The van der Waals surface area contributed by atoms with Crippen LogP contribution in [0.15, 0.2) is 28.0 Å². The number of aldehydes is 1. The van der Waals surface area contributed by atoms with Gasteiger partial charge in [-0.15, -0.1) is 0 Å². The summed E-state index contributed by atoms with van der Waals surface area (Å²) >= 11 is 0. The van der Waals surface area contributed by atoms with Crippen LogP contribution in [0, 0.1) is 0 Å². The summed E-state index contributed by atoms with van der Waals surface area (Å²) in [5.74, 6) is 0. The van der Waals surface area contributed by atoms with Gasteiger partial charge < -0.3 is 0 Å². The molecule has 0 atom stereocenters. The van der Waals surface area contributed by atoms with Crippen molar-refractivity contribution in [2.45, 2.75) is 9.79 Å². The molecule has 18 heavy (non-hydrogen) atoms. The molecule has 0 bridgehead atoms. The minimum Gasteiger partial charge on any atom is -0.298 e. The number of hydrogen-bond acceptors (Lipinski definition) is 5. The van der Waals surface area contributed by atoms with Gasteiger partial charge in [-0.1, -0.05) is 0 Å². The van der Waals surface area contributed by atoms with Gasteiger partial charge in [-0.05, 0) is 18.2 Å². The molecule has 0 aromatic heterocycles. The van der Waals surface area contributed by atoms with Crippen LogP contribution in [0.1, 0.15) is 10.4 Å². The Morgan fingerprint density at radius 2 is 1.44 bits per heavy atom. The molecular formula is C7H6Na2O7S2. The number of rotatable bonds is 3. The van der Waals surface area contributed by atoms with E-state index >= 15 is 0 Å². The van der Waals surface area contributed by atoms with E-state index < -0.39 is 35.6 Å². The molecule has 1 aromatic rings. The molecule has 0 aliphatic carbocycles. The number of carbonyl (C=O) groups is 1. The third-order valence-corrected chi connectivity index (χ3v) is 3.45. The van der Waals surface area contributed by atoms with Gasteiger partial charge in [-0.2, -0.15) is 16.8 Å². The Bertz CT molecular complexity index is 636. The van der Waals surface area contributed by atoms with Gasteiger partial charge in [0, 0.05) is 64.7 Å². The molecule has 7 nitrogen and oxygen atoms in total. The summed E-state index contributed by atoms with van der Waals surface area (Å²) in [6.45, 7) is 0. The van der Waals surface area contributed by atoms with Crippen LogP contribution in [0.3, 0.4) is 0 Å². The van der Waals surface area contributed by atoms with E-state index in [0.717, 1.165) is 12.1 Å². The average Bonchev–Trinajstić information content (AvgIpc) is 2.14. The Kier molecular flexibility index (Phi) is 8.73. The van der Waals surface area contributed by atoms with Gasteiger partial charge >= 0.3 is 0 Å². The predicted molar refractivity (Wildman–Crippen MR) is 63.0 cm³/mol. The molecule has 2 radical (unpaired) electrons. The molecule has 11 heteroatoms. The summed E-state index contributed by atoms with van der Waals surface area (Å²) < 4.78 is 60.4. The fourth-order valence-corrected chi connectivity index (χ4v) is 2.27. The summed E-state index contributed by atoms with van der Waals surface area (Å²) in [5.41, 5.74) is -0.407. The molecule has 0 amide bonds. The second-order valence-corrected chi connectivity index (χ2v) is 5.58. The van der Waals surface area contributed by atoms with Crippen molar-refractivity contribution < 1.29 is 30.7 Å². The zero-order chi connectivity index (χ0) is 12.6. The van der Waals surface area contributed by atoms with Crippen molar-refractivity contribution in [3.8, 4) is 0 Å². The van der Waals surface area contributed by atoms with Crippen LogP contribution in [0.25, 0.3) is 0 Å². The van der Waals surface area contributed by atoms with Crippen LogP contribution in [-0.4, -0.2) is 91.3 Å². The molecular weight excluding hydrogens is 306 g/mol. The van der Waals surface area contributed by atoms with E-state index in [-0.39, 0.29) is 65.4 Å². The third-order valence-electron chi connectivity index (χ3n) is 1.69. The van der Waals surface area contributed by atoms with E-state index in [1.54, 1.807) is 0 Å². The van der Waals surface area contributed by atoms with Crippen molar-refractivity contribution in [3.05, 3.63) is 23.8 Å². The third kappa shape index (κ3) is 5.37. The SMILES string of the molecule is O=Cc1ccc(S(=O)(=O)O)cc1S(=O)(=O)O.[Na].[Na]. The van der Waals surface area contributed by atoms with E-state index in [9.17, 15) is 21.6 Å². The van der Waals surface area contributed by atoms with Gasteiger partial charge in [-0.25, -0.2) is 0 Å². The van der Waals surface area contributed by atoms with Gasteiger partial charge in [0.05, 0.1) is 4.90 Å². The van der Waals surface area contributed by atoms with Gasteiger partial charge in [-0.3, -0.25) is 13.9 Å². The van der Waals surface area contributed by atoms with Crippen molar-refractivity contribution in [1.82, 2.24) is 0 Å². The maximum Gasteiger partial charge on any atom is 0.295 e. The largest absolute Gasteiger partial charge is 0.298 e. The molecule has 1 aromatic carbocycles. The average molecular weight is 312 g/mol. The van der Waals surface area contributed by atoms with Crippen molar-refractivity contribution in [1.29, 1.82) is 0 Å². The summed E-state index contributed by atoms with van der Waals surface area (Å²) in [4.78, 5) is 8.84. The number of benzene rings is 1. The standard InChI is InChI=1S/C7H6O7S2.2Na/c8-4-5-1-2-6(15(9,10)11)3-7(5)16(12,13)14;;/h1-4H,(H,9,10,11)(H,12,13,14);;. The van der Waals surface area contributed by atoms with Crippen LogP contribution < -0.4 is 0 Å². The van der Waals surface area contributed by atoms with Crippen molar-refractivity contribution >= 4 is 85.6 Å². The maximum atomic E-state index is 10.8. The zero-order valence-corrected chi connectivity index (χ0v) is 15.2. The van der Waals surface area contributed by atoms with Gasteiger partial charge in [0.25, 0.3) is 20.2 Å². The van der Waals surface area contributed by atoms with Crippen molar-refractivity contribution in [2.75, 3.05) is 0 Å². The molecule has 0 aliphatic heterocycles. The second kappa shape index (κ2) is 7.48. The minimum atomic E-state index is -4.74. The van der Waals surface area contributed by atoms with Gasteiger partial charge in [0.1, 0.15) is 4.90 Å². The number of carbonyl (C=O) groups excluding carboxylic acids is 1. The molecule has 0 spiro atoms. The van der Waals surface area contributed by atoms with Gasteiger partial charge in [0.15, 0.2) is 6.29 Å². The Hall–Kier alpha value is 0.710. The normalized spacial score (nSPS) is 11.0. The van der Waals surface area contributed by atoms with E-state index in [1.165, 1.54) is 0 Å². The van der Waals surface area contributed by atoms with E-state index in [1.807, 2.05) is 0 Å². The second-order valence-electron chi connectivity index (χ2n) is 2.77. The Balaban J connectivity index is 0. The molecule has 0 unspecified atom stereocenters. The van der Waals surface area contributed by atoms with Crippen LogP contribution in [-0.2, 0) is 20.2 Å². The summed E-state index contributed by atoms with van der Waals surface area (Å²) in [7, 11) is -9.34. The molecule has 0 heterocycles. The first-order valence-corrected chi connectivity index (χ1v) is 6.58. The summed E-state index contributed by atoms with van der Waals surface area (Å²) in [6, 6.07) is 2.20. The van der Waals surface area contributed by atoms with Crippen LogP contribution >= 0.6 is 0 Å². The molecule has 0 saturated carbocycles. The van der Waals surface area contributed by atoms with Crippen molar-refractivity contribution in [2.24, 2.45) is 0 Å². The molecule has 1 rings (SSSR count). The quantitative estimate of drug-likeness (QED) is 0.426. The Labute approximate surface area is 148 Å². The Morgan fingerprint density at radius 1 is 0.944 bits per heavy atom. The van der Waals surface area contributed by atoms with Gasteiger partial charge in [0.2, 0.25) is 0 Å². The molecule has 0 aliphatic rings. The molecule has 0 saturated heterocycles. The summed E-state index contributed by atoms with van der Waals surface area (Å²) in [6.07, 6.45) is 0.136. The number of hydrogen-bond donors (Lipinski definition) is 2. The zero-order valence-electron chi connectivity index (χ0n) is 9.56. The topological polar surface area (TPSA) is 126 Å². The van der Waals surface area contributed by atoms with Crippen LogP contribution in [0.5, 0.6) is 0 Å². The minimum absolute atomic E-state index is 0. The smallest absolute Gasteiger partial charge is 0.295 e. The monoisotopic (exact) mass is 312 g/mol. The predicted octanol–water partition coefficient (Wildman–Crippen LogP) is -0.769. The van der Waals surface area contributed by atoms with Crippen LogP contribution in [0.2, 0.25) is 0 Å². The summed E-state index contributed by atoms with van der Waals surface area (Å²) in [5, 5.41) is 0. The van der Waals surface area contributed by atoms with Crippen molar-refractivity contribution in [3.63, 3.8) is 0 Å².